The van der Waals surface area contributed by atoms with Gasteiger partial charge in [0.2, 0.25) is 0 Å². The monoisotopic (exact) mass is 542 g/mol. The van der Waals surface area contributed by atoms with Crippen molar-refractivity contribution in [1.29, 1.82) is 0 Å². The van der Waals surface area contributed by atoms with E-state index in [1.165, 1.54) is 67.8 Å². The van der Waals surface area contributed by atoms with Crippen molar-refractivity contribution in [2.75, 3.05) is 18.1 Å². The van der Waals surface area contributed by atoms with Gasteiger partial charge in [0.15, 0.2) is 0 Å². The highest BCUT2D eigenvalue weighted by molar-refractivity contribution is 14.1. The van der Waals surface area contributed by atoms with Gasteiger partial charge in [-0.05, 0) is 85.4 Å². The Morgan fingerprint density at radius 1 is 1.13 bits per heavy atom. The molecular formula is C27H43IO3. The topological polar surface area (TPSA) is 35.5 Å². The molecule has 1 unspecified atom stereocenters. The Kier molecular flexibility index (Phi) is 7.78. The number of ether oxygens (including phenoxy) is 2. The number of esters is 1. The van der Waals surface area contributed by atoms with Gasteiger partial charge in [-0.2, -0.15) is 0 Å². The summed E-state index contributed by atoms with van der Waals surface area (Å²) in [4.78, 5) is 13.1. The van der Waals surface area contributed by atoms with Crippen molar-refractivity contribution in [1.82, 2.24) is 0 Å². The van der Waals surface area contributed by atoms with Crippen LogP contribution in [0.5, 0.6) is 0 Å². The van der Waals surface area contributed by atoms with Gasteiger partial charge in [-0.25, -0.2) is 0 Å². The third-order valence-electron chi connectivity index (χ3n) is 9.85. The predicted octanol–water partition coefficient (Wildman–Crippen LogP) is 7.12. The molecule has 0 aromatic heterocycles. The molecule has 0 aromatic carbocycles. The Balaban J connectivity index is 1.50. The lowest BCUT2D eigenvalue weighted by Gasteiger charge is -2.59. The summed E-state index contributed by atoms with van der Waals surface area (Å²) in [5, 5.41) is 0. The van der Waals surface area contributed by atoms with Gasteiger partial charge in [-0.15, -0.1) is 0 Å². The van der Waals surface area contributed by atoms with E-state index >= 15 is 0 Å². The maximum absolute atomic E-state index is 13.1. The standard InChI is InChI=1S/C27H43IO3/c1-26-13-8-9-22(26)21-11-10-19-17-20(31-16-7-5-4-6-15-28)18-24(25(29)30-3)27(19,2)23(21)12-14-26/h10,20-24H,4-9,11-18H2,1-3H3/t20-,21+,22+,23+,24?,26+,27+/m1/s1. The molecule has 3 fully saturated rings. The van der Waals surface area contributed by atoms with Crippen LogP contribution in [0.1, 0.15) is 90.9 Å². The van der Waals surface area contributed by atoms with Crippen LogP contribution in [0.15, 0.2) is 11.6 Å². The zero-order valence-corrected chi connectivity index (χ0v) is 22.1. The Morgan fingerprint density at radius 2 is 1.94 bits per heavy atom. The fourth-order valence-corrected chi connectivity index (χ4v) is 8.66. The summed E-state index contributed by atoms with van der Waals surface area (Å²) < 4.78 is 13.0. The van der Waals surface area contributed by atoms with E-state index in [0.29, 0.717) is 11.3 Å². The van der Waals surface area contributed by atoms with Crippen molar-refractivity contribution in [3.8, 4) is 0 Å². The SMILES string of the molecule is COC(=O)C1C[C@H](OCCCCCCI)CC2=CC[C@H]3[C@@H]4CCC[C@@]4(C)CC[C@@H]3[C@]21C. The second-order valence-electron chi connectivity index (χ2n) is 11.3. The number of rotatable bonds is 8. The number of fused-ring (bicyclic) bond motifs is 5. The summed E-state index contributed by atoms with van der Waals surface area (Å²) in [5.41, 5.74) is 2.01. The molecule has 0 aromatic rings. The number of hydrogen-bond donors (Lipinski definition) is 0. The molecular weight excluding hydrogens is 499 g/mol. The van der Waals surface area contributed by atoms with Gasteiger partial charge in [-0.3, -0.25) is 4.79 Å². The molecule has 0 aliphatic heterocycles. The summed E-state index contributed by atoms with van der Waals surface area (Å²) in [6, 6.07) is 0. The van der Waals surface area contributed by atoms with E-state index in [4.69, 9.17) is 9.47 Å². The number of methoxy groups -OCH3 is 1. The van der Waals surface area contributed by atoms with E-state index in [-0.39, 0.29) is 23.4 Å². The summed E-state index contributed by atoms with van der Waals surface area (Å²) in [6.07, 6.45) is 17.6. The Hall–Kier alpha value is -0.100. The zero-order chi connectivity index (χ0) is 22.1. The van der Waals surface area contributed by atoms with Crippen LogP contribution < -0.4 is 0 Å². The number of carbonyl (C=O) groups excluding carboxylic acids is 1. The highest BCUT2D eigenvalue weighted by Gasteiger charge is 2.60. The van der Waals surface area contributed by atoms with Crippen molar-refractivity contribution >= 4 is 28.6 Å². The van der Waals surface area contributed by atoms with Crippen LogP contribution in [-0.2, 0) is 14.3 Å². The molecule has 4 aliphatic carbocycles. The molecule has 0 amide bonds. The third kappa shape index (κ3) is 4.50. The molecule has 0 spiro atoms. The molecule has 31 heavy (non-hydrogen) atoms. The molecule has 4 heteroatoms. The minimum atomic E-state index is -0.0555. The maximum atomic E-state index is 13.1. The summed E-state index contributed by atoms with van der Waals surface area (Å²) in [7, 11) is 1.57. The van der Waals surface area contributed by atoms with E-state index in [1.807, 2.05) is 0 Å². The van der Waals surface area contributed by atoms with Crippen LogP contribution in [0.4, 0.5) is 0 Å². The van der Waals surface area contributed by atoms with E-state index in [2.05, 4.69) is 42.5 Å². The number of allylic oxidation sites excluding steroid dienone is 1. The number of alkyl halides is 1. The molecule has 3 saturated carbocycles. The van der Waals surface area contributed by atoms with Crippen LogP contribution in [0, 0.1) is 34.5 Å². The average Bonchev–Trinajstić information content (AvgIpc) is 3.17. The first-order valence-corrected chi connectivity index (χ1v) is 14.4. The van der Waals surface area contributed by atoms with E-state index in [0.717, 1.165) is 37.7 Å². The number of hydrogen-bond acceptors (Lipinski definition) is 3. The van der Waals surface area contributed by atoms with E-state index in [1.54, 1.807) is 7.11 Å². The van der Waals surface area contributed by atoms with Crippen molar-refractivity contribution in [3.05, 3.63) is 11.6 Å². The van der Waals surface area contributed by atoms with Crippen molar-refractivity contribution in [3.63, 3.8) is 0 Å². The lowest BCUT2D eigenvalue weighted by atomic mass is 9.45. The third-order valence-corrected chi connectivity index (χ3v) is 10.6. The average molecular weight is 543 g/mol. The number of carbonyl (C=O) groups is 1. The summed E-state index contributed by atoms with van der Waals surface area (Å²) in [5.74, 6) is 2.15. The van der Waals surface area contributed by atoms with Crippen LogP contribution in [0.25, 0.3) is 0 Å². The molecule has 7 atom stereocenters. The molecule has 0 heterocycles. The molecule has 0 N–H and O–H groups in total. The maximum Gasteiger partial charge on any atom is 0.309 e. The van der Waals surface area contributed by atoms with Gasteiger partial charge in [0.25, 0.3) is 0 Å². The predicted molar refractivity (Wildman–Crippen MR) is 134 cm³/mol. The van der Waals surface area contributed by atoms with Crippen LogP contribution in [-0.4, -0.2) is 30.2 Å². The first-order chi connectivity index (χ1) is 14.9. The highest BCUT2D eigenvalue weighted by atomic mass is 127. The smallest absolute Gasteiger partial charge is 0.309 e. The Bertz CT molecular complexity index is 675. The fourth-order valence-electron chi connectivity index (χ4n) is 8.12. The zero-order valence-electron chi connectivity index (χ0n) is 20.0. The van der Waals surface area contributed by atoms with Gasteiger partial charge in [0.05, 0.1) is 19.1 Å². The van der Waals surface area contributed by atoms with E-state index in [9.17, 15) is 4.79 Å². The van der Waals surface area contributed by atoms with Crippen LogP contribution >= 0.6 is 22.6 Å². The van der Waals surface area contributed by atoms with Crippen molar-refractivity contribution < 1.29 is 14.3 Å². The van der Waals surface area contributed by atoms with Gasteiger partial charge < -0.3 is 9.47 Å². The minimum absolute atomic E-state index is 0.0100. The first-order valence-electron chi connectivity index (χ1n) is 12.9. The molecule has 3 nitrogen and oxygen atoms in total. The molecule has 176 valence electrons. The van der Waals surface area contributed by atoms with Crippen LogP contribution in [0.3, 0.4) is 0 Å². The number of halogens is 1. The van der Waals surface area contributed by atoms with E-state index < -0.39 is 0 Å². The Labute approximate surface area is 203 Å². The quantitative estimate of drug-likeness (QED) is 0.108. The van der Waals surface area contributed by atoms with Gasteiger partial charge in [0.1, 0.15) is 0 Å². The van der Waals surface area contributed by atoms with Gasteiger partial charge in [-0.1, -0.05) is 67.3 Å². The van der Waals surface area contributed by atoms with Gasteiger partial charge in [0, 0.05) is 12.0 Å². The molecule has 0 bridgehead atoms. The van der Waals surface area contributed by atoms with Crippen LogP contribution in [0.2, 0.25) is 0 Å². The fraction of sp³-hybridized carbons (Fsp3) is 0.889. The lowest BCUT2D eigenvalue weighted by molar-refractivity contribution is -0.159. The molecule has 0 saturated heterocycles. The number of unbranched alkanes of at least 4 members (excludes halogenated alkanes) is 3. The molecule has 0 radical (unpaired) electrons. The largest absolute Gasteiger partial charge is 0.469 e. The Morgan fingerprint density at radius 3 is 2.71 bits per heavy atom. The second-order valence-corrected chi connectivity index (χ2v) is 12.4. The normalized spacial score (nSPS) is 41.7. The second kappa shape index (κ2) is 10.0. The molecule has 4 rings (SSSR count). The van der Waals surface area contributed by atoms with Gasteiger partial charge >= 0.3 is 5.97 Å². The van der Waals surface area contributed by atoms with Crippen molar-refractivity contribution in [2.45, 2.75) is 97.0 Å². The summed E-state index contributed by atoms with van der Waals surface area (Å²) >= 11 is 2.45. The molecule has 4 aliphatic rings. The minimum Gasteiger partial charge on any atom is -0.469 e. The highest BCUT2D eigenvalue weighted by Crippen LogP contribution is 2.66. The first kappa shape index (κ1) is 24.0. The van der Waals surface area contributed by atoms with Crippen molar-refractivity contribution in [2.24, 2.45) is 34.5 Å². The lowest BCUT2D eigenvalue weighted by Crippen LogP contribution is -2.55. The summed E-state index contributed by atoms with van der Waals surface area (Å²) in [6.45, 7) is 5.79.